The van der Waals surface area contributed by atoms with Gasteiger partial charge in [-0.1, -0.05) is 36.9 Å². The maximum Gasteiger partial charge on any atom is 0.348 e. The number of halogens is 1. The van der Waals surface area contributed by atoms with Crippen molar-refractivity contribution >= 4 is 40.5 Å². The van der Waals surface area contributed by atoms with Crippen LogP contribution in [0, 0.1) is 0 Å². The fraction of sp³-hybridized carbons (Fsp3) is 0.444. The van der Waals surface area contributed by atoms with Gasteiger partial charge in [0, 0.05) is 13.0 Å². The first-order chi connectivity index (χ1) is 20.0. The van der Waals surface area contributed by atoms with E-state index in [9.17, 15) is 30.0 Å². The first kappa shape index (κ1) is 29.8. The molecule has 15 heteroatoms. The number of aromatic nitrogens is 4. The molecule has 14 nitrogen and oxygen atoms in total. The molecule has 2 aliphatic rings. The van der Waals surface area contributed by atoms with Crippen molar-refractivity contribution in [3.05, 3.63) is 59.7 Å². The monoisotopic (exact) mass is 603 g/mol. The van der Waals surface area contributed by atoms with Crippen molar-refractivity contribution in [3.63, 3.8) is 0 Å². The minimum Gasteiger partial charge on any atom is -0.479 e. The molecule has 0 saturated carbocycles. The van der Waals surface area contributed by atoms with Gasteiger partial charge >= 0.3 is 11.9 Å². The smallest absolute Gasteiger partial charge is 0.348 e. The number of hydrogen-bond donors (Lipinski definition) is 5. The minimum absolute atomic E-state index is 0.0210. The molecular formula is C27H30ClN5O9. The molecule has 2 fully saturated rings. The topological polar surface area (TPSA) is 198 Å². The van der Waals surface area contributed by atoms with Crippen LogP contribution in [-0.4, -0.2) is 101 Å². The summed E-state index contributed by atoms with van der Waals surface area (Å²) in [7, 11) is 0. The zero-order valence-electron chi connectivity index (χ0n) is 22.5. The Balaban J connectivity index is 1.46. The van der Waals surface area contributed by atoms with E-state index in [1.165, 1.54) is 17.8 Å². The van der Waals surface area contributed by atoms with Crippen molar-refractivity contribution in [2.75, 3.05) is 25.1 Å². The Morgan fingerprint density at radius 3 is 2.60 bits per heavy atom. The van der Waals surface area contributed by atoms with Crippen LogP contribution in [0.2, 0.25) is 5.28 Å². The number of carboxylic acid groups (broad SMARTS) is 2. The van der Waals surface area contributed by atoms with E-state index < -0.39 is 54.6 Å². The lowest BCUT2D eigenvalue weighted by atomic mass is 9.85. The second-order valence-corrected chi connectivity index (χ2v) is 10.7. The molecule has 224 valence electrons. The van der Waals surface area contributed by atoms with Gasteiger partial charge in [0.2, 0.25) is 5.28 Å². The van der Waals surface area contributed by atoms with Crippen LogP contribution in [0.3, 0.4) is 0 Å². The number of ether oxygens (including phenoxy) is 3. The van der Waals surface area contributed by atoms with Crippen molar-refractivity contribution in [2.24, 2.45) is 0 Å². The highest BCUT2D eigenvalue weighted by Crippen LogP contribution is 2.43. The van der Waals surface area contributed by atoms with Gasteiger partial charge in [-0.25, -0.2) is 14.6 Å². The van der Waals surface area contributed by atoms with Gasteiger partial charge < -0.3 is 40.0 Å². The number of fused-ring (bicyclic) bond motifs is 1. The van der Waals surface area contributed by atoms with Crippen molar-refractivity contribution in [1.82, 2.24) is 19.5 Å². The minimum atomic E-state index is -2.71. The highest BCUT2D eigenvalue weighted by Gasteiger charge is 2.58. The van der Waals surface area contributed by atoms with Crippen LogP contribution in [0.1, 0.15) is 25.1 Å². The quantitative estimate of drug-likeness (QED) is 0.120. The van der Waals surface area contributed by atoms with Gasteiger partial charge in [0.15, 0.2) is 23.2 Å². The predicted octanol–water partition coefficient (Wildman–Crippen LogP) is 1.41. The molecule has 5 N–H and O–H groups in total. The predicted molar refractivity (Wildman–Crippen MR) is 147 cm³/mol. The van der Waals surface area contributed by atoms with Crippen molar-refractivity contribution in [1.29, 1.82) is 0 Å². The van der Waals surface area contributed by atoms with Crippen LogP contribution in [0.4, 0.5) is 5.82 Å². The maximum absolute atomic E-state index is 12.3. The van der Waals surface area contributed by atoms with Gasteiger partial charge in [0.1, 0.15) is 17.8 Å². The number of benzene rings is 1. The first-order valence-electron chi connectivity index (χ1n) is 13.1. The zero-order valence-corrected chi connectivity index (χ0v) is 23.3. The lowest BCUT2D eigenvalue weighted by molar-refractivity contribution is -0.191. The third kappa shape index (κ3) is 5.21. The molecule has 3 aromatic rings. The lowest BCUT2D eigenvalue weighted by Gasteiger charge is -2.33. The number of hydrogen-bond acceptors (Lipinski definition) is 11. The van der Waals surface area contributed by atoms with E-state index in [1.807, 2.05) is 0 Å². The normalized spacial score (nSPS) is 26.0. The Labute approximate surface area is 244 Å². The average Bonchev–Trinajstić information content (AvgIpc) is 3.67. The van der Waals surface area contributed by atoms with Crippen LogP contribution >= 0.6 is 11.6 Å². The van der Waals surface area contributed by atoms with Crippen molar-refractivity contribution < 1.29 is 44.2 Å². The summed E-state index contributed by atoms with van der Waals surface area (Å²) >= 11 is 6.21. The Morgan fingerprint density at radius 2 is 1.98 bits per heavy atom. The van der Waals surface area contributed by atoms with E-state index in [4.69, 9.17) is 25.8 Å². The summed E-state index contributed by atoms with van der Waals surface area (Å²) in [4.78, 5) is 37.4. The largest absolute Gasteiger partial charge is 0.479 e. The molecule has 2 aromatic heterocycles. The van der Waals surface area contributed by atoms with E-state index in [-0.39, 0.29) is 22.5 Å². The number of carboxylic acids is 2. The summed E-state index contributed by atoms with van der Waals surface area (Å²) in [6.07, 6.45) is -2.86. The van der Waals surface area contributed by atoms with Crippen molar-refractivity contribution in [2.45, 2.75) is 55.4 Å². The molecule has 2 unspecified atom stereocenters. The van der Waals surface area contributed by atoms with Gasteiger partial charge in [0.25, 0.3) is 5.60 Å². The van der Waals surface area contributed by atoms with Gasteiger partial charge in [0.05, 0.1) is 25.6 Å². The second-order valence-electron chi connectivity index (χ2n) is 10.3. The van der Waals surface area contributed by atoms with Crippen LogP contribution in [-0.2, 0) is 30.2 Å². The molecule has 2 saturated heterocycles. The SMILES string of the molecule is C=C(C)[C@@]1(O)[C@@H](COC(Cc2ccccc2)(C(=O)O)C(=O)O)OC(n2cnc3c(NC4CCOC4)nc(Cl)nc32)[C@@H]1O. The maximum atomic E-state index is 12.3. The first-order valence-corrected chi connectivity index (χ1v) is 13.5. The van der Waals surface area contributed by atoms with Crippen LogP contribution in [0.5, 0.6) is 0 Å². The summed E-state index contributed by atoms with van der Waals surface area (Å²) < 4.78 is 18.3. The molecule has 2 aliphatic heterocycles. The Kier molecular flexibility index (Phi) is 8.20. The number of aliphatic carboxylic acids is 2. The molecule has 0 bridgehead atoms. The number of nitrogens with one attached hydrogen (secondary N) is 1. The molecule has 5 atom stereocenters. The molecule has 4 heterocycles. The molecule has 5 rings (SSSR count). The average molecular weight is 604 g/mol. The van der Waals surface area contributed by atoms with Crippen LogP contribution in [0.25, 0.3) is 11.2 Å². The molecule has 42 heavy (non-hydrogen) atoms. The summed E-state index contributed by atoms with van der Waals surface area (Å²) in [5.74, 6) is -3.14. The highest BCUT2D eigenvalue weighted by atomic mass is 35.5. The number of rotatable bonds is 11. The number of aliphatic hydroxyl groups is 2. The molecule has 0 aliphatic carbocycles. The highest BCUT2D eigenvalue weighted by molar-refractivity contribution is 6.28. The van der Waals surface area contributed by atoms with Crippen molar-refractivity contribution in [3.8, 4) is 0 Å². The molecule has 0 spiro atoms. The molecule has 0 amide bonds. The lowest BCUT2D eigenvalue weighted by Crippen LogP contribution is -2.55. The van der Waals surface area contributed by atoms with Gasteiger partial charge in [-0.15, -0.1) is 0 Å². The Hall–Kier alpha value is -3.66. The van der Waals surface area contributed by atoms with Gasteiger partial charge in [-0.2, -0.15) is 9.97 Å². The van der Waals surface area contributed by atoms with Gasteiger partial charge in [-0.3, -0.25) is 4.57 Å². The molecule has 0 radical (unpaired) electrons. The second kappa shape index (κ2) is 11.6. The van der Waals surface area contributed by atoms with Gasteiger partial charge in [-0.05, 0) is 36.1 Å². The van der Waals surface area contributed by atoms with E-state index in [0.717, 1.165) is 6.42 Å². The third-order valence-electron chi connectivity index (χ3n) is 7.61. The fourth-order valence-electron chi connectivity index (χ4n) is 5.20. The summed E-state index contributed by atoms with van der Waals surface area (Å²) in [5, 5.41) is 46.0. The van der Waals surface area contributed by atoms with E-state index in [1.54, 1.807) is 30.3 Å². The third-order valence-corrected chi connectivity index (χ3v) is 7.78. The number of carbonyl (C=O) groups is 2. The standard InChI is InChI=1S/C27H30ClN5O9/c1-14(2)27(39)17(12-41-26(23(35)36,24(37)38)10-15-6-4-3-5-7-15)42-22(19(27)34)33-13-29-18-20(30-16-8-9-40-11-16)31-25(28)32-21(18)33/h3-7,13,16-17,19,22,34,39H,1,8-12H2,2H3,(H,35,36)(H,37,38)(H,30,31,32)/t16?,17-,19+,22?,27-/m1/s1. The van der Waals surface area contributed by atoms with E-state index in [0.29, 0.717) is 30.1 Å². The Bertz CT molecular complexity index is 1480. The zero-order chi connectivity index (χ0) is 30.2. The number of anilines is 1. The van der Waals surface area contributed by atoms with E-state index in [2.05, 4.69) is 26.8 Å². The number of imidazole rings is 1. The number of nitrogens with zero attached hydrogens (tertiary/aromatic N) is 4. The fourth-order valence-corrected chi connectivity index (χ4v) is 5.37. The summed E-state index contributed by atoms with van der Waals surface area (Å²) in [6.45, 7) is 5.57. The Morgan fingerprint density at radius 1 is 1.26 bits per heavy atom. The molecule has 1 aromatic carbocycles. The van der Waals surface area contributed by atoms with E-state index >= 15 is 0 Å². The summed E-state index contributed by atoms with van der Waals surface area (Å²) in [5.41, 5.74) is -3.91. The summed E-state index contributed by atoms with van der Waals surface area (Å²) in [6, 6.07) is 8.10. The van der Waals surface area contributed by atoms with Crippen LogP contribution < -0.4 is 5.32 Å². The number of aliphatic hydroxyl groups excluding tert-OH is 1. The van der Waals surface area contributed by atoms with Crippen LogP contribution in [0.15, 0.2) is 48.8 Å². The molecular weight excluding hydrogens is 574 g/mol.